The van der Waals surface area contributed by atoms with Crippen molar-refractivity contribution in [3.05, 3.63) is 53.2 Å². The van der Waals surface area contributed by atoms with Gasteiger partial charge in [-0.15, -0.1) is 0 Å². The molecule has 114 valence electrons. The van der Waals surface area contributed by atoms with Gasteiger partial charge in [-0.25, -0.2) is 0 Å². The molecule has 1 aromatic carbocycles. The summed E-state index contributed by atoms with van der Waals surface area (Å²) in [6, 6.07) is 11.4. The number of pyridine rings is 1. The van der Waals surface area contributed by atoms with Gasteiger partial charge in [0, 0.05) is 23.4 Å². The van der Waals surface area contributed by atoms with E-state index in [9.17, 15) is 4.79 Å². The molecule has 22 heavy (non-hydrogen) atoms. The van der Waals surface area contributed by atoms with Crippen LogP contribution < -0.4 is 5.32 Å². The van der Waals surface area contributed by atoms with Crippen LogP contribution in [0.4, 0.5) is 0 Å². The van der Waals surface area contributed by atoms with Crippen LogP contribution in [0.3, 0.4) is 0 Å². The van der Waals surface area contributed by atoms with Gasteiger partial charge in [0.25, 0.3) is 5.91 Å². The highest BCUT2D eigenvalue weighted by Gasteiger charge is 2.16. The van der Waals surface area contributed by atoms with E-state index in [1.54, 1.807) is 12.3 Å². The van der Waals surface area contributed by atoms with E-state index in [0.717, 1.165) is 24.1 Å². The van der Waals surface area contributed by atoms with Crippen LogP contribution in [0.2, 0.25) is 5.02 Å². The molecule has 1 saturated carbocycles. The Morgan fingerprint density at radius 3 is 2.50 bits per heavy atom. The first-order valence-electron chi connectivity index (χ1n) is 7.76. The highest BCUT2D eigenvalue weighted by molar-refractivity contribution is 6.33. The van der Waals surface area contributed by atoms with E-state index in [-0.39, 0.29) is 5.91 Å². The summed E-state index contributed by atoms with van der Waals surface area (Å²) >= 11 is 6.15. The largest absolute Gasteiger partial charge is 0.349 e. The molecule has 3 rings (SSSR count). The summed E-state index contributed by atoms with van der Waals surface area (Å²) in [5.74, 6) is 0.00516. The molecule has 0 bridgehead atoms. The minimum Gasteiger partial charge on any atom is -0.349 e. The smallest absolute Gasteiger partial charge is 0.251 e. The molecule has 1 aliphatic carbocycles. The van der Waals surface area contributed by atoms with Crippen LogP contribution in [0.1, 0.15) is 42.5 Å². The van der Waals surface area contributed by atoms with Gasteiger partial charge in [0.05, 0.1) is 10.7 Å². The van der Waals surface area contributed by atoms with E-state index in [4.69, 9.17) is 11.6 Å². The summed E-state index contributed by atoms with van der Waals surface area (Å²) in [5.41, 5.74) is 2.34. The molecule has 1 heterocycles. The number of nitrogens with zero attached hydrogens (tertiary/aromatic N) is 1. The third kappa shape index (κ3) is 3.47. The highest BCUT2D eigenvalue weighted by Crippen LogP contribution is 2.25. The van der Waals surface area contributed by atoms with Crippen LogP contribution in [0.5, 0.6) is 0 Å². The Hall–Kier alpha value is -1.87. The number of aromatic nitrogens is 1. The fourth-order valence-corrected chi connectivity index (χ4v) is 3.12. The predicted octanol–water partition coefficient (Wildman–Crippen LogP) is 4.46. The molecular weight excluding hydrogens is 296 g/mol. The minimum absolute atomic E-state index is 0.00516. The SMILES string of the molecule is O=C(NC1CCCCC1)c1ccc(-c2ncccc2Cl)cc1. The number of benzene rings is 1. The van der Waals surface area contributed by atoms with Crippen LogP contribution in [-0.4, -0.2) is 16.9 Å². The number of carbonyl (C=O) groups excluding carboxylic acids is 1. The minimum atomic E-state index is 0.00516. The predicted molar refractivity (Wildman–Crippen MR) is 89.0 cm³/mol. The zero-order valence-electron chi connectivity index (χ0n) is 12.4. The quantitative estimate of drug-likeness (QED) is 0.908. The van der Waals surface area contributed by atoms with Crippen LogP contribution in [-0.2, 0) is 0 Å². The van der Waals surface area contributed by atoms with Gasteiger partial charge in [-0.05, 0) is 37.1 Å². The van der Waals surface area contributed by atoms with E-state index in [1.165, 1.54) is 19.3 Å². The van der Waals surface area contributed by atoms with E-state index >= 15 is 0 Å². The maximum Gasteiger partial charge on any atom is 0.251 e. The average Bonchev–Trinajstić information content (AvgIpc) is 2.56. The summed E-state index contributed by atoms with van der Waals surface area (Å²) in [7, 11) is 0. The van der Waals surface area contributed by atoms with Crippen molar-refractivity contribution in [2.75, 3.05) is 0 Å². The summed E-state index contributed by atoms with van der Waals surface area (Å²) in [4.78, 5) is 16.6. The van der Waals surface area contributed by atoms with Crippen LogP contribution >= 0.6 is 11.6 Å². The molecule has 1 aliphatic rings. The zero-order chi connectivity index (χ0) is 15.4. The molecule has 3 nitrogen and oxygen atoms in total. The molecule has 0 radical (unpaired) electrons. The monoisotopic (exact) mass is 314 g/mol. The number of amides is 1. The molecule has 0 saturated heterocycles. The Labute approximate surface area is 135 Å². The topological polar surface area (TPSA) is 42.0 Å². The third-order valence-electron chi connectivity index (χ3n) is 4.12. The Kier molecular flexibility index (Phi) is 4.74. The number of rotatable bonds is 3. The normalized spacial score (nSPS) is 15.5. The van der Waals surface area contributed by atoms with E-state index in [1.807, 2.05) is 30.3 Å². The molecule has 0 spiro atoms. The lowest BCUT2D eigenvalue weighted by molar-refractivity contribution is 0.0928. The molecular formula is C18H19ClN2O. The van der Waals surface area contributed by atoms with Gasteiger partial charge >= 0.3 is 0 Å². The van der Waals surface area contributed by atoms with Crippen molar-refractivity contribution in [2.24, 2.45) is 0 Å². The molecule has 4 heteroatoms. The Bertz CT molecular complexity index is 648. The van der Waals surface area contributed by atoms with E-state index in [0.29, 0.717) is 16.6 Å². The number of halogens is 1. The first kappa shape index (κ1) is 15.0. The molecule has 0 aliphatic heterocycles. The molecule has 1 amide bonds. The van der Waals surface area contributed by atoms with E-state index in [2.05, 4.69) is 10.3 Å². The van der Waals surface area contributed by atoms with Crippen molar-refractivity contribution in [2.45, 2.75) is 38.1 Å². The maximum atomic E-state index is 12.3. The van der Waals surface area contributed by atoms with Gasteiger partial charge in [-0.3, -0.25) is 9.78 Å². The van der Waals surface area contributed by atoms with Crippen LogP contribution in [0, 0.1) is 0 Å². The zero-order valence-corrected chi connectivity index (χ0v) is 13.1. The van der Waals surface area contributed by atoms with Crippen molar-refractivity contribution in [1.82, 2.24) is 10.3 Å². The average molecular weight is 315 g/mol. The van der Waals surface area contributed by atoms with Crippen molar-refractivity contribution < 1.29 is 4.79 Å². The molecule has 1 fully saturated rings. The Balaban J connectivity index is 1.71. The molecule has 1 N–H and O–H groups in total. The Morgan fingerprint density at radius 1 is 1.09 bits per heavy atom. The second kappa shape index (κ2) is 6.93. The van der Waals surface area contributed by atoms with Crippen molar-refractivity contribution in [3.63, 3.8) is 0 Å². The lowest BCUT2D eigenvalue weighted by Gasteiger charge is -2.22. The number of hydrogen-bond acceptors (Lipinski definition) is 2. The maximum absolute atomic E-state index is 12.3. The molecule has 2 aromatic rings. The number of carbonyl (C=O) groups is 1. The van der Waals surface area contributed by atoms with Gasteiger partial charge in [0.15, 0.2) is 0 Å². The second-order valence-electron chi connectivity index (χ2n) is 5.72. The molecule has 1 aromatic heterocycles. The first-order chi connectivity index (χ1) is 10.7. The van der Waals surface area contributed by atoms with Gasteiger partial charge in [-0.2, -0.15) is 0 Å². The molecule has 0 unspecified atom stereocenters. The molecule has 0 atom stereocenters. The highest BCUT2D eigenvalue weighted by atomic mass is 35.5. The van der Waals surface area contributed by atoms with Gasteiger partial charge in [0.1, 0.15) is 0 Å². The standard InChI is InChI=1S/C18H19ClN2O/c19-16-7-4-12-20-17(16)13-8-10-14(11-9-13)18(22)21-15-5-2-1-3-6-15/h4,7-12,15H,1-3,5-6H2,(H,21,22). The van der Waals surface area contributed by atoms with Crippen LogP contribution in [0.15, 0.2) is 42.6 Å². The van der Waals surface area contributed by atoms with Crippen molar-refractivity contribution in [3.8, 4) is 11.3 Å². The lowest BCUT2D eigenvalue weighted by atomic mass is 9.95. The Morgan fingerprint density at radius 2 is 1.82 bits per heavy atom. The number of hydrogen-bond donors (Lipinski definition) is 1. The third-order valence-corrected chi connectivity index (χ3v) is 4.42. The van der Waals surface area contributed by atoms with Gasteiger partial charge in [0.2, 0.25) is 0 Å². The second-order valence-corrected chi connectivity index (χ2v) is 6.13. The summed E-state index contributed by atoms with van der Waals surface area (Å²) < 4.78 is 0. The number of nitrogens with one attached hydrogen (secondary N) is 1. The van der Waals surface area contributed by atoms with Crippen LogP contribution in [0.25, 0.3) is 11.3 Å². The van der Waals surface area contributed by atoms with Crippen molar-refractivity contribution in [1.29, 1.82) is 0 Å². The lowest BCUT2D eigenvalue weighted by Crippen LogP contribution is -2.36. The van der Waals surface area contributed by atoms with Crippen molar-refractivity contribution >= 4 is 17.5 Å². The summed E-state index contributed by atoms with van der Waals surface area (Å²) in [6.07, 6.45) is 7.60. The van der Waals surface area contributed by atoms with Gasteiger partial charge < -0.3 is 5.32 Å². The van der Waals surface area contributed by atoms with E-state index < -0.39 is 0 Å². The fourth-order valence-electron chi connectivity index (χ4n) is 2.89. The first-order valence-corrected chi connectivity index (χ1v) is 8.13. The fraction of sp³-hybridized carbons (Fsp3) is 0.333. The summed E-state index contributed by atoms with van der Waals surface area (Å²) in [5, 5.41) is 3.74. The summed E-state index contributed by atoms with van der Waals surface area (Å²) in [6.45, 7) is 0. The van der Waals surface area contributed by atoms with Gasteiger partial charge in [-0.1, -0.05) is 43.0 Å².